The van der Waals surface area contributed by atoms with Gasteiger partial charge in [0.1, 0.15) is 0 Å². The molecule has 0 heterocycles. The number of carbonyl (C=O) groups excluding carboxylic acids is 1. The van der Waals surface area contributed by atoms with E-state index in [1.54, 1.807) is 0 Å². The van der Waals surface area contributed by atoms with Crippen molar-refractivity contribution in [1.29, 1.82) is 0 Å². The number of hydrogen-bond donors (Lipinski definition) is 2. The van der Waals surface area contributed by atoms with Gasteiger partial charge in [-0.05, 0) is 0 Å². The molecule has 0 aromatic heterocycles. The monoisotopic (exact) mass is 301 g/mol. The average molecular weight is 300 g/mol. The molecule has 0 bridgehead atoms. The second-order valence-electron chi connectivity index (χ2n) is 3.59. The van der Waals surface area contributed by atoms with Crippen molar-refractivity contribution < 1.29 is 14.7 Å². The Kier molecular flexibility index (Phi) is 5.73. The van der Waals surface area contributed by atoms with Gasteiger partial charge in [-0.2, -0.15) is 0 Å². The fourth-order valence-electron chi connectivity index (χ4n) is 1.29. The van der Waals surface area contributed by atoms with Gasteiger partial charge in [0.05, 0.1) is 0 Å². The molecule has 1 aromatic rings. The van der Waals surface area contributed by atoms with E-state index in [1.165, 1.54) is 12.5 Å². The van der Waals surface area contributed by atoms with Crippen LogP contribution in [0, 0.1) is 0 Å². The van der Waals surface area contributed by atoms with Crippen molar-refractivity contribution >= 4 is 26.8 Å². The van der Waals surface area contributed by atoms with Crippen LogP contribution in [-0.4, -0.2) is 38.0 Å². The zero-order valence-electron chi connectivity index (χ0n) is 9.55. The van der Waals surface area contributed by atoms with Crippen LogP contribution in [0.4, 0.5) is 0 Å². The van der Waals surface area contributed by atoms with Crippen molar-refractivity contribution in [2.45, 2.75) is 23.6 Å². The summed E-state index contributed by atoms with van der Waals surface area (Å²) in [5.74, 6) is -1.26. The van der Waals surface area contributed by atoms with Crippen molar-refractivity contribution in [1.82, 2.24) is 5.32 Å². The number of benzene rings is 1. The average Bonchev–Trinajstić information content (AvgIpc) is 2.28. The predicted octanol–water partition coefficient (Wildman–Crippen LogP) is 0.898. The molecule has 0 radical (unpaired) electrons. The molecule has 0 aliphatic heterocycles. The quantitative estimate of drug-likeness (QED) is 0.767. The van der Waals surface area contributed by atoms with E-state index in [0.717, 1.165) is 5.32 Å². The first kappa shape index (κ1) is 13.7. The van der Waals surface area contributed by atoms with E-state index in [2.05, 4.69) is 5.32 Å². The number of amides is 1. The van der Waals surface area contributed by atoms with Gasteiger partial charge in [-0.1, -0.05) is 0 Å². The van der Waals surface area contributed by atoms with Crippen LogP contribution in [-0.2, 0) is 14.9 Å². The molecule has 17 heavy (non-hydrogen) atoms. The first-order valence-electron chi connectivity index (χ1n) is 5.21. The van der Waals surface area contributed by atoms with Gasteiger partial charge >= 0.3 is 106 Å². The molecule has 0 aliphatic rings. The van der Waals surface area contributed by atoms with E-state index in [9.17, 15) is 9.59 Å². The molecular weight excluding hydrogens is 285 g/mol. The fraction of sp³-hybridized carbons (Fsp3) is 0.333. The van der Waals surface area contributed by atoms with E-state index >= 15 is 0 Å². The van der Waals surface area contributed by atoms with Gasteiger partial charge < -0.3 is 0 Å². The molecule has 2 N–H and O–H groups in total. The third-order valence-corrected chi connectivity index (χ3v) is 4.39. The number of carbonyl (C=O) groups is 2. The standard InChI is InChI=1S/C12H15NO3Se/c1-9(14)13-11(12(15)16)8-17-7-10-5-3-2-4-6-10/h2-6,11H,7-8H2,1H3,(H,13,14)(H,15,16)/t11-/m1/s1. The Balaban J connectivity index is 2.37. The number of carboxylic acids is 1. The number of rotatable bonds is 6. The summed E-state index contributed by atoms with van der Waals surface area (Å²) in [6.45, 7) is 1.33. The number of nitrogens with one attached hydrogen (secondary N) is 1. The first-order chi connectivity index (χ1) is 8.09. The summed E-state index contributed by atoms with van der Waals surface area (Å²) in [7, 11) is 0. The number of hydrogen-bond acceptors (Lipinski definition) is 2. The van der Waals surface area contributed by atoms with Crippen molar-refractivity contribution in [3.8, 4) is 0 Å². The van der Waals surface area contributed by atoms with Gasteiger partial charge in [0.25, 0.3) is 0 Å². The van der Waals surface area contributed by atoms with E-state index < -0.39 is 12.0 Å². The third-order valence-electron chi connectivity index (χ3n) is 2.07. The van der Waals surface area contributed by atoms with Crippen LogP contribution >= 0.6 is 0 Å². The number of aliphatic carboxylic acids is 1. The normalized spacial score (nSPS) is 11.8. The molecule has 4 nitrogen and oxygen atoms in total. The summed E-state index contributed by atoms with van der Waals surface area (Å²) in [5, 5.41) is 12.8. The topological polar surface area (TPSA) is 66.4 Å². The van der Waals surface area contributed by atoms with Crippen LogP contribution in [0.5, 0.6) is 0 Å². The molecule has 0 saturated heterocycles. The molecule has 92 valence electrons. The Labute approximate surface area is 107 Å². The maximum atomic E-state index is 10.9. The molecule has 0 unspecified atom stereocenters. The van der Waals surface area contributed by atoms with Crippen molar-refractivity contribution in [3.63, 3.8) is 0 Å². The summed E-state index contributed by atoms with van der Waals surface area (Å²) >= 11 is 0.173. The molecule has 1 amide bonds. The summed E-state index contributed by atoms with van der Waals surface area (Å²) in [6, 6.07) is 9.18. The second kappa shape index (κ2) is 7.09. The van der Waals surface area contributed by atoms with Crippen molar-refractivity contribution in [2.75, 3.05) is 0 Å². The van der Waals surface area contributed by atoms with E-state index in [1.807, 2.05) is 30.3 Å². The van der Waals surface area contributed by atoms with E-state index in [-0.39, 0.29) is 20.9 Å². The van der Waals surface area contributed by atoms with Gasteiger partial charge in [-0.15, -0.1) is 0 Å². The van der Waals surface area contributed by atoms with Crippen LogP contribution in [0.1, 0.15) is 12.5 Å². The molecule has 0 aliphatic carbocycles. The Morgan fingerprint density at radius 1 is 1.35 bits per heavy atom. The summed E-state index contributed by atoms with van der Waals surface area (Å²) in [5.41, 5.74) is 1.21. The molecule has 5 heteroatoms. The van der Waals surface area contributed by atoms with Crippen molar-refractivity contribution in [3.05, 3.63) is 35.9 Å². The zero-order chi connectivity index (χ0) is 12.7. The SMILES string of the molecule is CC(=O)N[C@H](C[Se]Cc1ccccc1)C(=O)O. The molecule has 0 saturated carbocycles. The van der Waals surface area contributed by atoms with Crippen LogP contribution in [0.3, 0.4) is 0 Å². The van der Waals surface area contributed by atoms with Gasteiger partial charge in [0.15, 0.2) is 0 Å². The van der Waals surface area contributed by atoms with Crippen LogP contribution < -0.4 is 5.32 Å². The molecule has 0 spiro atoms. The Morgan fingerprint density at radius 3 is 2.53 bits per heavy atom. The minimum absolute atomic E-state index is 0.173. The summed E-state index contributed by atoms with van der Waals surface area (Å²) in [6.07, 6.45) is 0. The maximum absolute atomic E-state index is 10.9. The Morgan fingerprint density at radius 2 is 2.00 bits per heavy atom. The molecule has 0 fully saturated rings. The number of carboxylic acid groups (broad SMARTS) is 1. The van der Waals surface area contributed by atoms with Crippen LogP contribution in [0.15, 0.2) is 30.3 Å². The van der Waals surface area contributed by atoms with Gasteiger partial charge in [0.2, 0.25) is 0 Å². The van der Waals surface area contributed by atoms with Crippen LogP contribution in [0.2, 0.25) is 5.32 Å². The molecule has 1 atom stereocenters. The zero-order valence-corrected chi connectivity index (χ0v) is 11.3. The van der Waals surface area contributed by atoms with Crippen molar-refractivity contribution in [2.24, 2.45) is 0 Å². The van der Waals surface area contributed by atoms with Crippen LogP contribution in [0.25, 0.3) is 0 Å². The van der Waals surface area contributed by atoms with Gasteiger partial charge in [-0.3, -0.25) is 0 Å². The Bertz CT molecular complexity index is 381. The van der Waals surface area contributed by atoms with E-state index in [4.69, 9.17) is 5.11 Å². The molecular formula is C12H15NO3Se. The van der Waals surface area contributed by atoms with Gasteiger partial charge in [0, 0.05) is 0 Å². The first-order valence-corrected chi connectivity index (χ1v) is 7.63. The molecule has 1 rings (SSSR count). The third kappa shape index (κ3) is 5.52. The van der Waals surface area contributed by atoms with Gasteiger partial charge in [-0.25, -0.2) is 0 Å². The fourth-order valence-corrected chi connectivity index (χ4v) is 3.40. The van der Waals surface area contributed by atoms with E-state index in [0.29, 0.717) is 5.32 Å². The molecule has 1 aromatic carbocycles. The second-order valence-corrected chi connectivity index (χ2v) is 5.75. The summed E-state index contributed by atoms with van der Waals surface area (Å²) < 4.78 is 0. The predicted molar refractivity (Wildman–Crippen MR) is 65.9 cm³/mol. The summed E-state index contributed by atoms with van der Waals surface area (Å²) in [4.78, 5) is 21.7. The Hall–Kier alpha value is -1.32. The minimum atomic E-state index is -0.963.